The van der Waals surface area contributed by atoms with Crippen LogP contribution in [-0.4, -0.2) is 47.9 Å². The predicted molar refractivity (Wildman–Crippen MR) is 96.5 cm³/mol. The number of aromatic nitrogens is 2. The Balaban J connectivity index is 1.75. The molecule has 128 valence electrons. The van der Waals surface area contributed by atoms with Crippen LogP contribution in [0.1, 0.15) is 18.4 Å². The van der Waals surface area contributed by atoms with E-state index in [-0.39, 0.29) is 6.03 Å². The topological polar surface area (TPSA) is 53.4 Å². The Morgan fingerprint density at radius 2 is 2.08 bits per heavy atom. The molecule has 6 heteroatoms. The molecule has 3 rings (SSSR count). The Morgan fingerprint density at radius 3 is 2.92 bits per heavy atom. The van der Waals surface area contributed by atoms with Gasteiger partial charge in [0.1, 0.15) is 5.82 Å². The first kappa shape index (κ1) is 16.5. The molecule has 1 N–H and O–H groups in total. The van der Waals surface area contributed by atoms with E-state index in [9.17, 15) is 4.79 Å². The molecule has 0 saturated heterocycles. The van der Waals surface area contributed by atoms with Gasteiger partial charge in [-0.25, -0.2) is 9.48 Å². The summed E-state index contributed by atoms with van der Waals surface area (Å²) in [4.78, 5) is 16.8. The van der Waals surface area contributed by atoms with Crippen molar-refractivity contribution in [1.29, 1.82) is 0 Å². The lowest BCUT2D eigenvalue weighted by atomic mass is 10.1. The number of urea groups is 1. The van der Waals surface area contributed by atoms with Gasteiger partial charge in [0.2, 0.25) is 0 Å². The van der Waals surface area contributed by atoms with Gasteiger partial charge < -0.3 is 4.90 Å². The van der Waals surface area contributed by atoms with Gasteiger partial charge in [0.15, 0.2) is 0 Å². The van der Waals surface area contributed by atoms with E-state index in [0.29, 0.717) is 0 Å². The number of rotatable bonds is 4. The molecule has 1 aliphatic heterocycles. The number of anilines is 2. The first-order valence-corrected chi connectivity index (χ1v) is 8.48. The standard InChI is InChI=1S/C18H25N5O/c1-21(2)13-14-23-17(10-11-19-23)20-18(24)22-12-6-5-8-15-7-3-4-9-16(15)22/h3-4,7,9-11H,5-6,8,12-14H2,1-2H3,(H,20,24). The maximum Gasteiger partial charge on any atom is 0.327 e. The number of hydrogen-bond donors (Lipinski definition) is 1. The van der Waals surface area contributed by atoms with Crippen molar-refractivity contribution in [2.75, 3.05) is 37.4 Å². The van der Waals surface area contributed by atoms with E-state index in [4.69, 9.17) is 0 Å². The summed E-state index contributed by atoms with van der Waals surface area (Å²) in [5.41, 5.74) is 2.26. The van der Waals surface area contributed by atoms with Crippen LogP contribution < -0.4 is 10.2 Å². The van der Waals surface area contributed by atoms with Crippen LogP contribution in [0.4, 0.5) is 16.3 Å². The molecule has 0 fully saturated rings. The molecule has 0 spiro atoms. The molecule has 1 aromatic heterocycles. The fourth-order valence-electron chi connectivity index (χ4n) is 2.99. The number of amides is 2. The van der Waals surface area contributed by atoms with Crippen LogP contribution >= 0.6 is 0 Å². The first-order valence-electron chi connectivity index (χ1n) is 8.48. The fraction of sp³-hybridized carbons (Fsp3) is 0.444. The lowest BCUT2D eigenvalue weighted by molar-refractivity contribution is 0.256. The minimum atomic E-state index is -0.0871. The quantitative estimate of drug-likeness (QED) is 0.939. The SMILES string of the molecule is CN(C)CCn1nccc1NC(=O)N1CCCCc2ccccc21. The third-order valence-electron chi connectivity index (χ3n) is 4.32. The summed E-state index contributed by atoms with van der Waals surface area (Å²) >= 11 is 0. The zero-order valence-corrected chi connectivity index (χ0v) is 14.4. The highest BCUT2D eigenvalue weighted by atomic mass is 16.2. The monoisotopic (exact) mass is 327 g/mol. The third-order valence-corrected chi connectivity index (χ3v) is 4.32. The molecular formula is C18H25N5O. The van der Waals surface area contributed by atoms with Crippen LogP contribution in [0, 0.1) is 0 Å². The van der Waals surface area contributed by atoms with E-state index in [1.165, 1.54) is 5.56 Å². The Labute approximate surface area is 143 Å². The smallest absolute Gasteiger partial charge is 0.308 e. The second-order valence-electron chi connectivity index (χ2n) is 6.41. The highest BCUT2D eigenvalue weighted by molar-refractivity contribution is 6.01. The molecule has 1 aromatic carbocycles. The van der Waals surface area contributed by atoms with Crippen LogP contribution in [0.15, 0.2) is 36.5 Å². The first-order chi connectivity index (χ1) is 11.6. The highest BCUT2D eigenvalue weighted by Crippen LogP contribution is 2.26. The average Bonchev–Trinajstić information content (AvgIpc) is 2.88. The van der Waals surface area contributed by atoms with Gasteiger partial charge >= 0.3 is 6.03 Å². The van der Waals surface area contributed by atoms with Crippen LogP contribution in [-0.2, 0) is 13.0 Å². The molecule has 2 amide bonds. The van der Waals surface area contributed by atoms with Gasteiger partial charge in [-0.2, -0.15) is 5.10 Å². The number of nitrogens with zero attached hydrogens (tertiary/aromatic N) is 4. The molecule has 24 heavy (non-hydrogen) atoms. The fourth-order valence-corrected chi connectivity index (χ4v) is 2.99. The summed E-state index contributed by atoms with van der Waals surface area (Å²) in [6, 6.07) is 9.93. The number of aryl methyl sites for hydroxylation is 1. The second kappa shape index (κ2) is 7.49. The van der Waals surface area contributed by atoms with E-state index in [2.05, 4.69) is 21.4 Å². The average molecular weight is 327 g/mol. The third kappa shape index (κ3) is 3.76. The molecule has 1 aliphatic rings. The largest absolute Gasteiger partial charge is 0.327 e. The molecule has 2 aromatic rings. The second-order valence-corrected chi connectivity index (χ2v) is 6.41. The number of fused-ring (bicyclic) bond motifs is 1. The number of para-hydroxylation sites is 1. The van der Waals surface area contributed by atoms with E-state index in [1.807, 2.05) is 47.9 Å². The molecule has 0 saturated carbocycles. The van der Waals surface area contributed by atoms with Crippen LogP contribution in [0.5, 0.6) is 0 Å². The Hall–Kier alpha value is -2.34. The number of likely N-dealkylation sites (N-methyl/N-ethyl adjacent to an activating group) is 1. The van der Waals surface area contributed by atoms with Gasteiger partial charge in [-0.15, -0.1) is 0 Å². The zero-order chi connectivity index (χ0) is 16.9. The van der Waals surface area contributed by atoms with Crippen molar-refractivity contribution < 1.29 is 4.79 Å². The highest BCUT2D eigenvalue weighted by Gasteiger charge is 2.21. The molecule has 6 nitrogen and oxygen atoms in total. The minimum absolute atomic E-state index is 0.0871. The Kier molecular flexibility index (Phi) is 5.15. The number of carbonyl (C=O) groups excluding carboxylic acids is 1. The van der Waals surface area contributed by atoms with Crippen LogP contribution in [0.2, 0.25) is 0 Å². The molecule has 2 heterocycles. The lowest BCUT2D eigenvalue weighted by Crippen LogP contribution is -2.36. The van der Waals surface area contributed by atoms with Crippen LogP contribution in [0.25, 0.3) is 0 Å². The number of hydrogen-bond acceptors (Lipinski definition) is 3. The Bertz CT molecular complexity index is 694. The molecule has 0 atom stereocenters. The normalized spacial score (nSPS) is 14.4. The molecule has 0 bridgehead atoms. The maximum atomic E-state index is 12.8. The summed E-state index contributed by atoms with van der Waals surface area (Å²) in [5, 5.41) is 7.33. The van der Waals surface area contributed by atoms with Gasteiger partial charge in [0, 0.05) is 24.8 Å². The Morgan fingerprint density at radius 1 is 1.25 bits per heavy atom. The number of carbonyl (C=O) groups is 1. The maximum absolute atomic E-state index is 12.8. The van der Waals surface area contributed by atoms with Gasteiger partial charge in [-0.3, -0.25) is 10.2 Å². The summed E-state index contributed by atoms with van der Waals surface area (Å²) in [5.74, 6) is 0.739. The van der Waals surface area contributed by atoms with Crippen molar-refractivity contribution in [2.45, 2.75) is 25.8 Å². The van der Waals surface area contributed by atoms with Gasteiger partial charge in [0.25, 0.3) is 0 Å². The van der Waals surface area contributed by atoms with Crippen molar-refractivity contribution in [1.82, 2.24) is 14.7 Å². The van der Waals surface area contributed by atoms with Gasteiger partial charge in [-0.1, -0.05) is 18.2 Å². The summed E-state index contributed by atoms with van der Waals surface area (Å²) < 4.78 is 1.83. The van der Waals surface area contributed by atoms with E-state index in [0.717, 1.165) is 50.4 Å². The zero-order valence-electron chi connectivity index (χ0n) is 14.4. The van der Waals surface area contributed by atoms with Crippen molar-refractivity contribution in [3.05, 3.63) is 42.1 Å². The summed E-state index contributed by atoms with van der Waals surface area (Å²) in [6.45, 7) is 2.36. The van der Waals surface area contributed by atoms with Crippen molar-refractivity contribution in [2.24, 2.45) is 0 Å². The van der Waals surface area contributed by atoms with E-state index >= 15 is 0 Å². The van der Waals surface area contributed by atoms with Crippen molar-refractivity contribution >= 4 is 17.5 Å². The van der Waals surface area contributed by atoms with Crippen molar-refractivity contribution in [3.8, 4) is 0 Å². The van der Waals surface area contributed by atoms with Crippen molar-refractivity contribution in [3.63, 3.8) is 0 Å². The molecule has 0 aliphatic carbocycles. The van der Waals surface area contributed by atoms with E-state index in [1.54, 1.807) is 6.20 Å². The lowest BCUT2D eigenvalue weighted by Gasteiger charge is -2.23. The summed E-state index contributed by atoms with van der Waals surface area (Å²) in [6.07, 6.45) is 4.88. The van der Waals surface area contributed by atoms with E-state index < -0.39 is 0 Å². The molecule has 0 radical (unpaired) electrons. The predicted octanol–water partition coefficient (Wildman–Crippen LogP) is 2.82. The van der Waals surface area contributed by atoms with Gasteiger partial charge in [0.05, 0.1) is 12.7 Å². The number of nitrogens with one attached hydrogen (secondary N) is 1. The van der Waals surface area contributed by atoms with Crippen LogP contribution in [0.3, 0.4) is 0 Å². The number of benzene rings is 1. The van der Waals surface area contributed by atoms with Gasteiger partial charge in [-0.05, 0) is 45.0 Å². The molecular weight excluding hydrogens is 302 g/mol. The molecule has 0 unspecified atom stereocenters. The summed E-state index contributed by atoms with van der Waals surface area (Å²) in [7, 11) is 4.05. The minimum Gasteiger partial charge on any atom is -0.308 e.